The first-order valence-corrected chi connectivity index (χ1v) is 7.09. The summed E-state index contributed by atoms with van der Waals surface area (Å²) in [6.07, 6.45) is 8.59. The number of aromatic nitrogens is 2. The third kappa shape index (κ3) is 5.03. The SMILES string of the molecule is CCCC(CC(=O)N(CC)CCCO)n1ccnc1. The monoisotopic (exact) mass is 267 g/mol. The third-order valence-corrected chi connectivity index (χ3v) is 3.30. The van der Waals surface area contributed by atoms with Gasteiger partial charge in [0.15, 0.2) is 0 Å². The van der Waals surface area contributed by atoms with Crippen molar-refractivity contribution in [1.29, 1.82) is 0 Å². The molecule has 0 saturated heterocycles. The maximum atomic E-state index is 12.3. The van der Waals surface area contributed by atoms with Crippen molar-refractivity contribution >= 4 is 5.91 Å². The highest BCUT2D eigenvalue weighted by Gasteiger charge is 2.18. The van der Waals surface area contributed by atoms with Crippen LogP contribution >= 0.6 is 0 Å². The van der Waals surface area contributed by atoms with Crippen LogP contribution in [0.15, 0.2) is 18.7 Å². The first kappa shape index (κ1) is 15.7. The molecule has 5 nitrogen and oxygen atoms in total. The van der Waals surface area contributed by atoms with Gasteiger partial charge in [0, 0.05) is 44.6 Å². The molecule has 108 valence electrons. The van der Waals surface area contributed by atoms with Crippen LogP contribution in [0.4, 0.5) is 0 Å². The van der Waals surface area contributed by atoms with E-state index in [0.717, 1.165) is 12.8 Å². The molecule has 0 saturated carbocycles. The third-order valence-electron chi connectivity index (χ3n) is 3.30. The fraction of sp³-hybridized carbons (Fsp3) is 0.714. The zero-order valence-corrected chi connectivity index (χ0v) is 12.0. The Morgan fingerprint density at radius 2 is 2.26 bits per heavy atom. The van der Waals surface area contributed by atoms with Gasteiger partial charge in [0.05, 0.1) is 6.33 Å². The number of amides is 1. The second-order valence-corrected chi connectivity index (χ2v) is 4.71. The van der Waals surface area contributed by atoms with Gasteiger partial charge in [0.25, 0.3) is 0 Å². The van der Waals surface area contributed by atoms with Crippen LogP contribution in [-0.4, -0.2) is 45.2 Å². The summed E-state index contributed by atoms with van der Waals surface area (Å²) in [5, 5.41) is 8.86. The van der Waals surface area contributed by atoms with E-state index in [2.05, 4.69) is 11.9 Å². The Bertz CT molecular complexity index is 352. The molecule has 0 fully saturated rings. The van der Waals surface area contributed by atoms with E-state index in [0.29, 0.717) is 25.9 Å². The van der Waals surface area contributed by atoms with Gasteiger partial charge in [-0.25, -0.2) is 4.98 Å². The average Bonchev–Trinajstić information content (AvgIpc) is 2.93. The van der Waals surface area contributed by atoms with Gasteiger partial charge in [-0.1, -0.05) is 13.3 Å². The minimum absolute atomic E-state index is 0.129. The van der Waals surface area contributed by atoms with Crippen molar-refractivity contribution in [1.82, 2.24) is 14.5 Å². The van der Waals surface area contributed by atoms with Crippen LogP contribution < -0.4 is 0 Å². The van der Waals surface area contributed by atoms with Gasteiger partial charge < -0.3 is 14.6 Å². The molecule has 1 unspecified atom stereocenters. The van der Waals surface area contributed by atoms with Gasteiger partial charge in [0.2, 0.25) is 5.91 Å². The normalized spacial score (nSPS) is 12.4. The Hall–Kier alpha value is -1.36. The molecule has 1 aromatic rings. The van der Waals surface area contributed by atoms with Crippen LogP contribution in [0, 0.1) is 0 Å². The second kappa shape index (κ2) is 8.69. The average molecular weight is 267 g/mol. The Kier molecular flexibility index (Phi) is 7.18. The Labute approximate surface area is 115 Å². The topological polar surface area (TPSA) is 58.4 Å². The number of imidazole rings is 1. The van der Waals surface area contributed by atoms with Crippen LogP contribution in [0.5, 0.6) is 0 Å². The molecule has 0 aliphatic rings. The van der Waals surface area contributed by atoms with E-state index in [-0.39, 0.29) is 18.6 Å². The number of rotatable bonds is 9. The molecule has 0 radical (unpaired) electrons. The van der Waals surface area contributed by atoms with Gasteiger partial charge in [0.1, 0.15) is 0 Å². The number of aliphatic hydroxyl groups is 1. The van der Waals surface area contributed by atoms with Gasteiger partial charge >= 0.3 is 0 Å². The minimum atomic E-state index is 0.129. The summed E-state index contributed by atoms with van der Waals surface area (Å²) in [6.45, 7) is 5.55. The lowest BCUT2D eigenvalue weighted by Crippen LogP contribution is -2.33. The lowest BCUT2D eigenvalue weighted by molar-refractivity contribution is -0.132. The van der Waals surface area contributed by atoms with Gasteiger partial charge in [-0.15, -0.1) is 0 Å². The molecule has 19 heavy (non-hydrogen) atoms. The van der Waals surface area contributed by atoms with Crippen molar-refractivity contribution in [3.8, 4) is 0 Å². The largest absolute Gasteiger partial charge is 0.396 e. The van der Waals surface area contributed by atoms with Crippen molar-refractivity contribution in [2.75, 3.05) is 19.7 Å². The van der Waals surface area contributed by atoms with Crippen molar-refractivity contribution in [2.24, 2.45) is 0 Å². The van der Waals surface area contributed by atoms with Crippen LogP contribution in [0.1, 0.15) is 45.6 Å². The number of hydrogen-bond acceptors (Lipinski definition) is 3. The maximum absolute atomic E-state index is 12.3. The fourth-order valence-electron chi connectivity index (χ4n) is 2.23. The first-order chi connectivity index (χ1) is 9.22. The van der Waals surface area contributed by atoms with E-state index < -0.39 is 0 Å². The minimum Gasteiger partial charge on any atom is -0.396 e. The predicted octanol–water partition coefficient (Wildman–Crippen LogP) is 1.85. The molecule has 1 rings (SSSR count). The molecule has 1 heterocycles. The van der Waals surface area contributed by atoms with Crippen molar-refractivity contribution in [3.05, 3.63) is 18.7 Å². The number of carbonyl (C=O) groups excluding carboxylic acids is 1. The molecule has 1 amide bonds. The first-order valence-electron chi connectivity index (χ1n) is 7.09. The number of hydrogen-bond donors (Lipinski definition) is 1. The van der Waals surface area contributed by atoms with Gasteiger partial charge in [-0.2, -0.15) is 0 Å². The summed E-state index contributed by atoms with van der Waals surface area (Å²) < 4.78 is 2.02. The van der Waals surface area contributed by atoms with E-state index in [9.17, 15) is 4.79 Å². The quantitative estimate of drug-likeness (QED) is 0.743. The maximum Gasteiger partial charge on any atom is 0.224 e. The smallest absolute Gasteiger partial charge is 0.224 e. The van der Waals surface area contributed by atoms with Crippen LogP contribution in [0.2, 0.25) is 0 Å². The molecule has 5 heteroatoms. The lowest BCUT2D eigenvalue weighted by Gasteiger charge is -2.24. The number of nitrogens with zero attached hydrogens (tertiary/aromatic N) is 3. The Balaban J connectivity index is 2.59. The zero-order chi connectivity index (χ0) is 14.1. The summed E-state index contributed by atoms with van der Waals surface area (Å²) in [6, 6.07) is 0.183. The molecule has 0 spiro atoms. The van der Waals surface area contributed by atoms with Crippen molar-refractivity contribution in [2.45, 2.75) is 45.6 Å². The molecular formula is C14H25N3O2. The Morgan fingerprint density at radius 3 is 2.79 bits per heavy atom. The van der Waals surface area contributed by atoms with E-state index in [4.69, 9.17) is 5.11 Å². The summed E-state index contributed by atoms with van der Waals surface area (Å²) in [4.78, 5) is 18.1. The van der Waals surface area contributed by atoms with Crippen LogP contribution in [0.3, 0.4) is 0 Å². The van der Waals surface area contributed by atoms with Crippen molar-refractivity contribution in [3.63, 3.8) is 0 Å². The van der Waals surface area contributed by atoms with E-state index in [1.807, 2.05) is 22.6 Å². The van der Waals surface area contributed by atoms with E-state index >= 15 is 0 Å². The standard InChI is InChI=1S/C14H25N3O2/c1-3-6-13(17-9-7-15-12-17)11-14(19)16(4-2)8-5-10-18/h7,9,12-13,18H,3-6,8,10-11H2,1-2H3. The molecule has 0 aliphatic heterocycles. The summed E-state index contributed by atoms with van der Waals surface area (Å²) in [7, 11) is 0. The lowest BCUT2D eigenvalue weighted by atomic mass is 10.1. The molecule has 0 bridgehead atoms. The highest BCUT2D eigenvalue weighted by molar-refractivity contribution is 5.76. The van der Waals surface area contributed by atoms with E-state index in [1.54, 1.807) is 12.5 Å². The van der Waals surface area contributed by atoms with Crippen molar-refractivity contribution < 1.29 is 9.90 Å². The van der Waals surface area contributed by atoms with Crippen LogP contribution in [-0.2, 0) is 4.79 Å². The highest BCUT2D eigenvalue weighted by Crippen LogP contribution is 2.19. The second-order valence-electron chi connectivity index (χ2n) is 4.71. The van der Waals surface area contributed by atoms with Crippen LogP contribution in [0.25, 0.3) is 0 Å². The van der Waals surface area contributed by atoms with Gasteiger partial charge in [-0.05, 0) is 19.8 Å². The molecular weight excluding hydrogens is 242 g/mol. The molecule has 0 aromatic carbocycles. The fourth-order valence-corrected chi connectivity index (χ4v) is 2.23. The van der Waals surface area contributed by atoms with Gasteiger partial charge in [-0.3, -0.25) is 4.79 Å². The predicted molar refractivity (Wildman–Crippen MR) is 74.7 cm³/mol. The highest BCUT2D eigenvalue weighted by atomic mass is 16.3. The zero-order valence-electron chi connectivity index (χ0n) is 12.0. The molecule has 1 N–H and O–H groups in total. The molecule has 1 atom stereocenters. The Morgan fingerprint density at radius 1 is 1.47 bits per heavy atom. The molecule has 1 aromatic heterocycles. The van der Waals surface area contributed by atoms with E-state index in [1.165, 1.54) is 0 Å². The number of aliphatic hydroxyl groups excluding tert-OH is 1. The number of carbonyl (C=O) groups is 1. The summed E-state index contributed by atoms with van der Waals surface area (Å²) >= 11 is 0. The summed E-state index contributed by atoms with van der Waals surface area (Å²) in [5.74, 6) is 0.156. The molecule has 0 aliphatic carbocycles. The summed E-state index contributed by atoms with van der Waals surface area (Å²) in [5.41, 5.74) is 0.